The van der Waals surface area contributed by atoms with Gasteiger partial charge in [0.25, 0.3) is 5.91 Å². The molecule has 1 N–H and O–H groups in total. The van der Waals surface area contributed by atoms with Crippen molar-refractivity contribution in [2.75, 3.05) is 61.1 Å². The number of aryl methyl sites for hydroxylation is 1. The van der Waals surface area contributed by atoms with Gasteiger partial charge in [0, 0.05) is 55.2 Å². The molecule has 0 atom stereocenters. The van der Waals surface area contributed by atoms with Crippen LogP contribution in [0.15, 0.2) is 54.9 Å². The first-order chi connectivity index (χ1) is 20.0. The van der Waals surface area contributed by atoms with Crippen LogP contribution in [0.25, 0.3) is 10.9 Å². The number of carbonyl (C=O) groups excluding carboxylic acids is 1. The Bertz CT molecular complexity index is 1480. The summed E-state index contributed by atoms with van der Waals surface area (Å²) in [6.45, 7) is 12.4. The van der Waals surface area contributed by atoms with Crippen LogP contribution < -0.4 is 29.3 Å². The zero-order chi connectivity index (χ0) is 28.8. The summed E-state index contributed by atoms with van der Waals surface area (Å²) in [5.74, 6) is 2.91. The standard InChI is InChI=1S/C31H36N6O4/c1-5-39-26-18-22(19-27(40-6-2)29(26)41-7-3)30(38)34-23-9-10-25-24(20-23)21(4)17-28(35-25)36-13-15-37(16-14-36)31-32-11-8-12-33-31/h8-12,17-20H,5-7,13-16H2,1-4H3,(H,34,38). The van der Waals surface area contributed by atoms with E-state index in [-0.39, 0.29) is 5.91 Å². The van der Waals surface area contributed by atoms with Crippen molar-refractivity contribution < 1.29 is 19.0 Å². The van der Waals surface area contributed by atoms with Gasteiger partial charge in [-0.15, -0.1) is 0 Å². The minimum atomic E-state index is -0.267. The molecular weight excluding hydrogens is 520 g/mol. The van der Waals surface area contributed by atoms with Gasteiger partial charge in [0.2, 0.25) is 11.7 Å². The van der Waals surface area contributed by atoms with Crippen LogP contribution in [0.3, 0.4) is 0 Å². The zero-order valence-electron chi connectivity index (χ0n) is 24.0. The lowest BCUT2D eigenvalue weighted by atomic mass is 10.1. The number of piperazine rings is 1. The highest BCUT2D eigenvalue weighted by Gasteiger charge is 2.21. The number of nitrogens with one attached hydrogen (secondary N) is 1. The van der Waals surface area contributed by atoms with Gasteiger partial charge in [-0.25, -0.2) is 15.0 Å². The lowest BCUT2D eigenvalue weighted by molar-refractivity contribution is 0.102. The Morgan fingerprint density at radius 3 is 2.12 bits per heavy atom. The Hall–Kier alpha value is -4.60. The molecule has 3 heterocycles. The number of hydrogen-bond donors (Lipinski definition) is 1. The van der Waals surface area contributed by atoms with E-state index in [2.05, 4.69) is 38.1 Å². The van der Waals surface area contributed by atoms with E-state index >= 15 is 0 Å². The second-order valence-corrected chi connectivity index (χ2v) is 9.61. The largest absolute Gasteiger partial charge is 0.490 e. The molecule has 0 saturated carbocycles. The Morgan fingerprint density at radius 2 is 1.49 bits per heavy atom. The number of carbonyl (C=O) groups is 1. The van der Waals surface area contributed by atoms with Gasteiger partial charge in [0.1, 0.15) is 5.82 Å². The highest BCUT2D eigenvalue weighted by atomic mass is 16.5. The van der Waals surface area contributed by atoms with Crippen LogP contribution in [-0.2, 0) is 0 Å². The number of ether oxygens (including phenoxy) is 3. The maximum absolute atomic E-state index is 13.3. The molecular formula is C31H36N6O4. The fourth-order valence-electron chi connectivity index (χ4n) is 4.93. The van der Waals surface area contributed by atoms with E-state index in [9.17, 15) is 4.79 Å². The maximum atomic E-state index is 13.3. The first-order valence-corrected chi connectivity index (χ1v) is 14.1. The van der Waals surface area contributed by atoms with Crippen LogP contribution in [-0.4, -0.2) is 66.9 Å². The highest BCUT2D eigenvalue weighted by molar-refractivity contribution is 6.06. The predicted octanol–water partition coefficient (Wildman–Crippen LogP) is 5.11. The van der Waals surface area contributed by atoms with Gasteiger partial charge in [-0.3, -0.25) is 4.79 Å². The van der Waals surface area contributed by atoms with Gasteiger partial charge in [0.15, 0.2) is 11.5 Å². The Labute approximate surface area is 240 Å². The molecule has 4 aromatic rings. The predicted molar refractivity (Wildman–Crippen MR) is 161 cm³/mol. The number of benzene rings is 2. The van der Waals surface area contributed by atoms with E-state index < -0.39 is 0 Å². The molecule has 1 saturated heterocycles. The van der Waals surface area contributed by atoms with Crippen LogP contribution in [0.1, 0.15) is 36.7 Å². The second kappa shape index (κ2) is 12.7. The summed E-state index contributed by atoms with van der Waals surface area (Å²) in [6, 6.07) is 13.1. The molecule has 0 unspecified atom stereocenters. The SMILES string of the molecule is CCOc1cc(C(=O)Nc2ccc3nc(N4CCN(c5ncccn5)CC4)cc(C)c3c2)cc(OCC)c1OCC. The lowest BCUT2D eigenvalue weighted by Crippen LogP contribution is -2.47. The van der Waals surface area contributed by atoms with E-state index in [0.717, 1.165) is 54.4 Å². The van der Waals surface area contributed by atoms with Crippen LogP contribution in [0.2, 0.25) is 0 Å². The Balaban J connectivity index is 1.33. The number of pyridine rings is 1. The van der Waals surface area contributed by atoms with Gasteiger partial charge >= 0.3 is 0 Å². The van der Waals surface area contributed by atoms with Crippen LogP contribution in [0, 0.1) is 6.92 Å². The minimum absolute atomic E-state index is 0.267. The molecule has 1 aliphatic rings. The Kier molecular flexibility index (Phi) is 8.67. The van der Waals surface area contributed by atoms with Crippen LogP contribution in [0.4, 0.5) is 17.5 Å². The maximum Gasteiger partial charge on any atom is 0.255 e. The van der Waals surface area contributed by atoms with Crippen molar-refractivity contribution in [3.63, 3.8) is 0 Å². The number of nitrogens with zero attached hydrogens (tertiary/aromatic N) is 5. The third-order valence-corrected chi connectivity index (χ3v) is 6.87. The van der Waals surface area contributed by atoms with Gasteiger partial charge in [0.05, 0.1) is 25.3 Å². The molecule has 1 amide bonds. The highest BCUT2D eigenvalue weighted by Crippen LogP contribution is 2.39. The number of rotatable bonds is 10. The van der Waals surface area contributed by atoms with Crippen molar-refractivity contribution in [3.8, 4) is 17.2 Å². The fraction of sp³-hybridized carbons (Fsp3) is 0.355. The van der Waals surface area contributed by atoms with Crippen molar-refractivity contribution in [1.29, 1.82) is 0 Å². The molecule has 0 bridgehead atoms. The number of amides is 1. The normalized spacial score (nSPS) is 13.3. The quantitative estimate of drug-likeness (QED) is 0.286. The molecule has 1 fully saturated rings. The molecule has 0 radical (unpaired) electrons. The number of anilines is 3. The molecule has 2 aromatic carbocycles. The summed E-state index contributed by atoms with van der Waals surface area (Å²) < 4.78 is 17.3. The molecule has 41 heavy (non-hydrogen) atoms. The van der Waals surface area contributed by atoms with E-state index in [4.69, 9.17) is 19.2 Å². The van der Waals surface area contributed by atoms with Crippen molar-refractivity contribution in [2.24, 2.45) is 0 Å². The average molecular weight is 557 g/mol. The van der Waals surface area contributed by atoms with Gasteiger partial charge in [-0.1, -0.05) is 0 Å². The third-order valence-electron chi connectivity index (χ3n) is 6.87. The summed E-state index contributed by atoms with van der Waals surface area (Å²) in [6.07, 6.45) is 3.54. The zero-order valence-corrected chi connectivity index (χ0v) is 24.0. The van der Waals surface area contributed by atoms with E-state index in [1.165, 1.54) is 0 Å². The van der Waals surface area contributed by atoms with Gasteiger partial charge in [-0.05, 0) is 75.7 Å². The average Bonchev–Trinajstić information content (AvgIpc) is 2.99. The third kappa shape index (κ3) is 6.26. The Morgan fingerprint density at radius 1 is 0.854 bits per heavy atom. The van der Waals surface area contributed by atoms with E-state index in [0.29, 0.717) is 48.3 Å². The van der Waals surface area contributed by atoms with Gasteiger partial charge in [-0.2, -0.15) is 0 Å². The second-order valence-electron chi connectivity index (χ2n) is 9.61. The fourth-order valence-corrected chi connectivity index (χ4v) is 4.93. The summed E-state index contributed by atoms with van der Waals surface area (Å²) in [5, 5.41) is 4.01. The minimum Gasteiger partial charge on any atom is -0.490 e. The molecule has 0 spiro atoms. The molecule has 5 rings (SSSR count). The number of fused-ring (bicyclic) bond motifs is 1. The lowest BCUT2D eigenvalue weighted by Gasteiger charge is -2.35. The first-order valence-electron chi connectivity index (χ1n) is 14.1. The van der Waals surface area contributed by atoms with Gasteiger partial charge < -0.3 is 29.3 Å². The summed E-state index contributed by atoms with van der Waals surface area (Å²) in [7, 11) is 0. The van der Waals surface area contributed by atoms with Crippen molar-refractivity contribution in [2.45, 2.75) is 27.7 Å². The summed E-state index contributed by atoms with van der Waals surface area (Å²) >= 11 is 0. The molecule has 0 aliphatic carbocycles. The summed E-state index contributed by atoms with van der Waals surface area (Å²) in [5.41, 5.74) is 3.07. The monoisotopic (exact) mass is 556 g/mol. The molecule has 1 aliphatic heterocycles. The smallest absolute Gasteiger partial charge is 0.255 e. The summed E-state index contributed by atoms with van der Waals surface area (Å²) in [4.78, 5) is 31.5. The number of aromatic nitrogens is 3. The molecule has 2 aromatic heterocycles. The first kappa shape index (κ1) is 27.9. The van der Waals surface area contributed by atoms with Crippen molar-refractivity contribution in [1.82, 2.24) is 15.0 Å². The van der Waals surface area contributed by atoms with Crippen LogP contribution in [0.5, 0.6) is 17.2 Å². The van der Waals surface area contributed by atoms with Crippen molar-refractivity contribution in [3.05, 3.63) is 66.0 Å². The van der Waals surface area contributed by atoms with Crippen LogP contribution >= 0.6 is 0 Å². The molecule has 10 nitrogen and oxygen atoms in total. The molecule has 10 heteroatoms. The number of hydrogen-bond acceptors (Lipinski definition) is 9. The topological polar surface area (TPSA) is 102 Å². The van der Waals surface area contributed by atoms with E-state index in [1.807, 2.05) is 45.0 Å². The van der Waals surface area contributed by atoms with E-state index in [1.54, 1.807) is 24.5 Å². The molecule has 214 valence electrons. The van der Waals surface area contributed by atoms with Crippen molar-refractivity contribution >= 4 is 34.3 Å².